The van der Waals surface area contributed by atoms with Crippen molar-refractivity contribution in [1.29, 1.82) is 0 Å². The van der Waals surface area contributed by atoms with Gasteiger partial charge in [-0.25, -0.2) is 14.4 Å². The smallest absolute Gasteiger partial charge is 0.254 e. The molecule has 23 heavy (non-hydrogen) atoms. The van der Waals surface area contributed by atoms with Crippen molar-refractivity contribution in [2.75, 3.05) is 12.3 Å². The van der Waals surface area contributed by atoms with Crippen molar-refractivity contribution in [2.45, 2.75) is 32.2 Å². The summed E-state index contributed by atoms with van der Waals surface area (Å²) in [5, 5.41) is 0. The summed E-state index contributed by atoms with van der Waals surface area (Å²) >= 11 is 0. The van der Waals surface area contributed by atoms with Crippen molar-refractivity contribution in [1.82, 2.24) is 14.9 Å². The number of halogens is 1. The lowest BCUT2D eigenvalue weighted by Gasteiger charge is -2.34. The fourth-order valence-corrected chi connectivity index (χ4v) is 3.10. The highest BCUT2D eigenvalue weighted by molar-refractivity contribution is 5.95. The molecule has 0 spiro atoms. The predicted molar refractivity (Wildman–Crippen MR) is 85.2 cm³/mol. The van der Waals surface area contributed by atoms with Crippen LogP contribution in [0.4, 0.5) is 10.2 Å². The predicted octanol–water partition coefficient (Wildman–Crippen LogP) is 2.66. The van der Waals surface area contributed by atoms with Crippen LogP contribution >= 0.6 is 0 Å². The minimum atomic E-state index is -0.606. The van der Waals surface area contributed by atoms with Crippen LogP contribution in [-0.4, -0.2) is 27.3 Å². The Kier molecular flexibility index (Phi) is 3.75. The minimum Gasteiger partial charge on any atom is -0.384 e. The Bertz CT molecular complexity index is 727. The quantitative estimate of drug-likeness (QED) is 0.925. The minimum absolute atomic E-state index is 0.145. The van der Waals surface area contributed by atoms with Gasteiger partial charge in [0.25, 0.3) is 5.91 Å². The summed E-state index contributed by atoms with van der Waals surface area (Å²) in [4.78, 5) is 23.4. The molecule has 0 aliphatic carbocycles. The van der Waals surface area contributed by atoms with E-state index in [4.69, 9.17) is 5.73 Å². The molecule has 1 saturated heterocycles. The summed E-state index contributed by atoms with van der Waals surface area (Å²) in [5.74, 6) is 0.451. The van der Waals surface area contributed by atoms with E-state index in [2.05, 4.69) is 9.97 Å². The fourth-order valence-electron chi connectivity index (χ4n) is 3.10. The third kappa shape index (κ3) is 2.76. The van der Waals surface area contributed by atoms with Crippen LogP contribution in [0.5, 0.6) is 0 Å². The molecule has 1 aromatic heterocycles. The van der Waals surface area contributed by atoms with Gasteiger partial charge in [-0.15, -0.1) is 0 Å². The molecule has 6 heteroatoms. The number of carbonyl (C=O) groups is 1. The fraction of sp³-hybridized carbons (Fsp3) is 0.353. The van der Waals surface area contributed by atoms with E-state index in [9.17, 15) is 9.18 Å². The van der Waals surface area contributed by atoms with Gasteiger partial charge in [-0.1, -0.05) is 0 Å². The maximum atomic E-state index is 13.1. The molecule has 1 aliphatic rings. The highest BCUT2D eigenvalue weighted by Gasteiger charge is 2.43. The number of likely N-dealkylation sites (tertiary alicyclic amines) is 1. The van der Waals surface area contributed by atoms with E-state index in [0.717, 1.165) is 18.5 Å². The van der Waals surface area contributed by atoms with Crippen molar-refractivity contribution < 1.29 is 9.18 Å². The molecule has 0 bridgehead atoms. The van der Waals surface area contributed by atoms with Gasteiger partial charge in [0.2, 0.25) is 0 Å². The van der Waals surface area contributed by atoms with Gasteiger partial charge in [-0.3, -0.25) is 4.79 Å². The molecule has 2 N–H and O–H groups in total. The summed E-state index contributed by atoms with van der Waals surface area (Å²) in [6.07, 6.45) is 1.63. The lowest BCUT2D eigenvalue weighted by atomic mass is 9.96. The van der Waals surface area contributed by atoms with Crippen LogP contribution in [0.2, 0.25) is 0 Å². The van der Waals surface area contributed by atoms with Gasteiger partial charge >= 0.3 is 0 Å². The average Bonchev–Trinajstić information content (AvgIpc) is 2.89. The van der Waals surface area contributed by atoms with E-state index in [1.54, 1.807) is 11.0 Å². The number of carbonyl (C=O) groups excluding carboxylic acids is 1. The molecule has 1 amide bonds. The molecule has 1 aromatic carbocycles. The number of nitrogens with zero attached hydrogens (tertiary/aromatic N) is 3. The van der Waals surface area contributed by atoms with Crippen LogP contribution in [0.25, 0.3) is 0 Å². The zero-order valence-electron chi connectivity index (χ0n) is 13.2. The van der Waals surface area contributed by atoms with Crippen molar-refractivity contribution in [3.63, 3.8) is 0 Å². The van der Waals surface area contributed by atoms with E-state index in [0.29, 0.717) is 23.8 Å². The Morgan fingerprint density at radius 3 is 2.65 bits per heavy atom. The van der Waals surface area contributed by atoms with Gasteiger partial charge in [0.05, 0.1) is 0 Å². The molecule has 0 saturated carbocycles. The van der Waals surface area contributed by atoms with Crippen LogP contribution in [0, 0.1) is 12.7 Å². The third-order valence-corrected chi connectivity index (χ3v) is 4.33. The standard InChI is InChI=1S/C17H19FN4O/c1-11-10-14(19)21-16(20-11)17(2)8-3-9-22(17)15(23)12-4-6-13(18)7-5-12/h4-7,10H,3,8-9H2,1-2H3,(H2,19,20,21). The normalized spacial score (nSPS) is 20.7. The monoisotopic (exact) mass is 314 g/mol. The average molecular weight is 314 g/mol. The molecule has 1 aliphatic heterocycles. The second-order valence-electron chi connectivity index (χ2n) is 6.10. The van der Waals surface area contributed by atoms with E-state index < -0.39 is 5.54 Å². The second-order valence-corrected chi connectivity index (χ2v) is 6.10. The van der Waals surface area contributed by atoms with Gasteiger partial charge in [0.1, 0.15) is 17.2 Å². The van der Waals surface area contributed by atoms with Crippen LogP contribution in [0.1, 0.15) is 41.6 Å². The Hall–Kier alpha value is -2.50. The third-order valence-electron chi connectivity index (χ3n) is 4.33. The molecule has 120 valence electrons. The molecule has 5 nitrogen and oxygen atoms in total. The Morgan fingerprint density at radius 1 is 1.30 bits per heavy atom. The highest BCUT2D eigenvalue weighted by Crippen LogP contribution is 2.38. The number of rotatable bonds is 2. The molecule has 3 rings (SSSR count). The van der Waals surface area contributed by atoms with Crippen molar-refractivity contribution >= 4 is 11.7 Å². The summed E-state index contributed by atoms with van der Waals surface area (Å²) in [5.41, 5.74) is 6.46. The van der Waals surface area contributed by atoms with Crippen LogP contribution < -0.4 is 5.73 Å². The molecular weight excluding hydrogens is 295 g/mol. The molecule has 1 unspecified atom stereocenters. The zero-order valence-corrected chi connectivity index (χ0v) is 13.2. The number of anilines is 1. The molecule has 1 atom stereocenters. The summed E-state index contributed by atoms with van der Waals surface area (Å²) in [6, 6.07) is 7.29. The molecule has 2 aromatic rings. The van der Waals surface area contributed by atoms with E-state index in [1.165, 1.54) is 24.3 Å². The number of benzene rings is 1. The number of nitrogens with two attached hydrogens (primary N) is 1. The first-order valence-corrected chi connectivity index (χ1v) is 7.59. The van der Waals surface area contributed by atoms with Gasteiger partial charge in [-0.05, 0) is 51.0 Å². The second kappa shape index (κ2) is 5.61. The molecule has 1 fully saturated rings. The zero-order chi connectivity index (χ0) is 16.6. The molecule has 0 radical (unpaired) electrons. The SMILES string of the molecule is Cc1cc(N)nc(C2(C)CCCN2C(=O)c2ccc(F)cc2)n1. The van der Waals surface area contributed by atoms with Crippen LogP contribution in [0.15, 0.2) is 30.3 Å². The molecular formula is C17H19FN4O. The first kappa shape index (κ1) is 15.4. The highest BCUT2D eigenvalue weighted by atomic mass is 19.1. The maximum Gasteiger partial charge on any atom is 0.254 e. The molecule has 2 heterocycles. The van der Waals surface area contributed by atoms with Gasteiger partial charge in [-0.2, -0.15) is 0 Å². The van der Waals surface area contributed by atoms with E-state index in [-0.39, 0.29) is 11.7 Å². The number of nitrogen functional groups attached to an aromatic ring is 1. The van der Waals surface area contributed by atoms with Gasteiger partial charge in [0, 0.05) is 23.9 Å². The largest absolute Gasteiger partial charge is 0.384 e. The van der Waals surface area contributed by atoms with Crippen molar-refractivity contribution in [3.05, 3.63) is 53.2 Å². The van der Waals surface area contributed by atoms with E-state index in [1.807, 2.05) is 13.8 Å². The lowest BCUT2D eigenvalue weighted by Crippen LogP contribution is -2.44. The Balaban J connectivity index is 1.98. The summed E-state index contributed by atoms with van der Waals surface area (Å²) in [6.45, 7) is 4.42. The summed E-state index contributed by atoms with van der Waals surface area (Å²) < 4.78 is 13.1. The number of amides is 1. The lowest BCUT2D eigenvalue weighted by molar-refractivity contribution is 0.0604. The van der Waals surface area contributed by atoms with Gasteiger partial charge < -0.3 is 10.6 Å². The van der Waals surface area contributed by atoms with Gasteiger partial charge in [0.15, 0.2) is 5.82 Å². The first-order valence-electron chi connectivity index (χ1n) is 7.59. The van der Waals surface area contributed by atoms with Crippen LogP contribution in [-0.2, 0) is 5.54 Å². The number of aromatic nitrogens is 2. The number of aryl methyl sites for hydroxylation is 1. The maximum absolute atomic E-state index is 13.1. The van der Waals surface area contributed by atoms with Crippen molar-refractivity contribution in [2.24, 2.45) is 0 Å². The number of hydrogen-bond acceptors (Lipinski definition) is 4. The topological polar surface area (TPSA) is 72.1 Å². The summed E-state index contributed by atoms with van der Waals surface area (Å²) in [7, 11) is 0. The first-order chi connectivity index (χ1) is 10.9. The number of hydrogen-bond donors (Lipinski definition) is 1. The Labute approximate surface area is 134 Å². The van der Waals surface area contributed by atoms with E-state index >= 15 is 0 Å². The van der Waals surface area contributed by atoms with Crippen molar-refractivity contribution in [3.8, 4) is 0 Å². The Morgan fingerprint density at radius 2 is 2.00 bits per heavy atom. The van der Waals surface area contributed by atoms with Crippen LogP contribution in [0.3, 0.4) is 0 Å².